The number of hydrogen-bond acceptors (Lipinski definition) is 2. The summed E-state index contributed by atoms with van der Waals surface area (Å²) in [5.41, 5.74) is 3.68. The van der Waals surface area contributed by atoms with E-state index >= 15 is 0 Å². The molecule has 2 nitrogen and oxygen atoms in total. The van der Waals surface area contributed by atoms with Crippen LogP contribution in [0.25, 0.3) is 0 Å². The first kappa shape index (κ1) is 12.2. The topological polar surface area (TPSA) is 37.3 Å². The zero-order chi connectivity index (χ0) is 13.5. The van der Waals surface area contributed by atoms with E-state index in [4.69, 9.17) is 0 Å². The average Bonchev–Trinajstić information content (AvgIpc) is 2.39. The molecule has 0 spiro atoms. The highest BCUT2D eigenvalue weighted by atomic mass is 16.3. The van der Waals surface area contributed by atoms with E-state index in [2.05, 4.69) is 6.58 Å². The van der Waals surface area contributed by atoms with Crippen LogP contribution in [-0.4, -0.2) is 10.9 Å². The molecule has 0 aliphatic heterocycles. The van der Waals surface area contributed by atoms with E-state index in [1.54, 1.807) is 6.07 Å². The number of benzene rings is 1. The number of carbonyl (C=O) groups excluding carboxylic acids is 1. The van der Waals surface area contributed by atoms with Crippen molar-refractivity contribution < 1.29 is 9.90 Å². The highest BCUT2D eigenvalue weighted by Gasteiger charge is 2.41. The molecule has 0 heterocycles. The normalized spacial score (nSPS) is 25.3. The quantitative estimate of drug-likeness (QED) is 0.821. The fourth-order valence-electron chi connectivity index (χ4n) is 3.63. The SMILES string of the molecule is C=CC[C@]12CCC(=O)C=C1CCc1cc(O)ccc12. The fraction of sp³-hybridized carbons (Fsp3) is 0.353. The van der Waals surface area contributed by atoms with Crippen LogP contribution in [0.15, 0.2) is 42.5 Å². The molecule has 0 unspecified atom stereocenters. The molecule has 0 amide bonds. The highest BCUT2D eigenvalue weighted by molar-refractivity contribution is 5.92. The van der Waals surface area contributed by atoms with Gasteiger partial charge in [0, 0.05) is 11.8 Å². The third-order valence-electron chi connectivity index (χ3n) is 4.51. The van der Waals surface area contributed by atoms with E-state index in [0.29, 0.717) is 12.2 Å². The molecule has 1 atom stereocenters. The molecule has 0 saturated heterocycles. The van der Waals surface area contributed by atoms with Gasteiger partial charge in [-0.15, -0.1) is 6.58 Å². The molecule has 2 aliphatic rings. The first-order valence-corrected chi connectivity index (χ1v) is 6.83. The Morgan fingerprint density at radius 3 is 2.95 bits per heavy atom. The Kier molecular flexibility index (Phi) is 2.81. The summed E-state index contributed by atoms with van der Waals surface area (Å²) in [7, 11) is 0. The maximum absolute atomic E-state index is 11.7. The van der Waals surface area contributed by atoms with Crippen LogP contribution in [0.2, 0.25) is 0 Å². The molecule has 98 valence electrons. The van der Waals surface area contributed by atoms with Crippen LogP contribution in [0.5, 0.6) is 5.75 Å². The highest BCUT2D eigenvalue weighted by Crippen LogP contribution is 2.49. The zero-order valence-electron chi connectivity index (χ0n) is 11.0. The molecule has 1 aromatic carbocycles. The van der Waals surface area contributed by atoms with Crippen LogP contribution in [0.1, 0.15) is 36.8 Å². The molecule has 0 bridgehead atoms. The Morgan fingerprint density at radius 1 is 1.32 bits per heavy atom. The molecular formula is C17H18O2. The number of ketones is 1. The van der Waals surface area contributed by atoms with Gasteiger partial charge in [0.25, 0.3) is 0 Å². The van der Waals surface area contributed by atoms with Crippen molar-refractivity contribution in [3.05, 3.63) is 53.6 Å². The van der Waals surface area contributed by atoms with E-state index in [0.717, 1.165) is 25.7 Å². The minimum atomic E-state index is -0.0586. The Hall–Kier alpha value is -1.83. The number of carbonyl (C=O) groups is 1. The van der Waals surface area contributed by atoms with Gasteiger partial charge in [0.1, 0.15) is 5.75 Å². The molecule has 1 N–H and O–H groups in total. The van der Waals surface area contributed by atoms with Gasteiger partial charge in [-0.2, -0.15) is 0 Å². The standard InChI is InChI=1S/C17H18O2/c1-2-8-17-9-7-15(19)11-13(17)4-3-12-10-14(18)5-6-16(12)17/h2,5-6,10-11,18H,1,3-4,7-9H2/t17-/m0/s1. The second-order valence-electron chi connectivity index (χ2n) is 5.55. The molecule has 19 heavy (non-hydrogen) atoms. The van der Waals surface area contributed by atoms with Crippen molar-refractivity contribution in [2.24, 2.45) is 0 Å². The molecule has 2 aliphatic carbocycles. The average molecular weight is 254 g/mol. The van der Waals surface area contributed by atoms with Gasteiger partial charge in [0.05, 0.1) is 0 Å². The maximum atomic E-state index is 11.7. The predicted molar refractivity (Wildman–Crippen MR) is 75.2 cm³/mol. The first-order chi connectivity index (χ1) is 9.15. The lowest BCUT2D eigenvalue weighted by Crippen LogP contribution is -2.36. The van der Waals surface area contributed by atoms with Gasteiger partial charge in [0.2, 0.25) is 0 Å². The van der Waals surface area contributed by atoms with E-state index < -0.39 is 0 Å². The number of rotatable bonds is 2. The van der Waals surface area contributed by atoms with Crippen molar-refractivity contribution in [3.63, 3.8) is 0 Å². The minimum Gasteiger partial charge on any atom is -0.508 e. The summed E-state index contributed by atoms with van der Waals surface area (Å²) >= 11 is 0. The van der Waals surface area contributed by atoms with Gasteiger partial charge < -0.3 is 5.11 Å². The van der Waals surface area contributed by atoms with E-state index in [1.807, 2.05) is 24.3 Å². The van der Waals surface area contributed by atoms with Gasteiger partial charge in [-0.1, -0.05) is 17.7 Å². The van der Waals surface area contributed by atoms with Gasteiger partial charge in [-0.05, 0) is 55.0 Å². The first-order valence-electron chi connectivity index (χ1n) is 6.83. The van der Waals surface area contributed by atoms with Gasteiger partial charge in [-0.3, -0.25) is 4.79 Å². The monoisotopic (exact) mass is 254 g/mol. The van der Waals surface area contributed by atoms with Crippen molar-refractivity contribution >= 4 is 5.78 Å². The van der Waals surface area contributed by atoms with Crippen molar-refractivity contribution in [1.29, 1.82) is 0 Å². The Balaban J connectivity index is 2.20. The van der Waals surface area contributed by atoms with Crippen LogP contribution in [-0.2, 0) is 16.6 Å². The molecular weight excluding hydrogens is 236 g/mol. The molecule has 0 radical (unpaired) electrons. The third kappa shape index (κ3) is 1.83. The van der Waals surface area contributed by atoms with Crippen LogP contribution in [0, 0.1) is 0 Å². The van der Waals surface area contributed by atoms with Crippen LogP contribution < -0.4 is 0 Å². The summed E-state index contributed by atoms with van der Waals surface area (Å²) in [5, 5.41) is 9.65. The summed E-state index contributed by atoms with van der Waals surface area (Å²) in [5.74, 6) is 0.573. The smallest absolute Gasteiger partial charge is 0.155 e. The molecule has 0 aromatic heterocycles. The second-order valence-corrected chi connectivity index (χ2v) is 5.55. The Morgan fingerprint density at radius 2 is 2.16 bits per heavy atom. The number of allylic oxidation sites excluding steroid dienone is 3. The zero-order valence-corrected chi connectivity index (χ0v) is 11.0. The van der Waals surface area contributed by atoms with Crippen molar-refractivity contribution in [1.82, 2.24) is 0 Å². The molecule has 2 heteroatoms. The lowest BCUT2D eigenvalue weighted by molar-refractivity contribution is -0.115. The lowest BCUT2D eigenvalue weighted by Gasteiger charge is -2.43. The maximum Gasteiger partial charge on any atom is 0.155 e. The van der Waals surface area contributed by atoms with E-state index in [9.17, 15) is 9.90 Å². The molecule has 1 aromatic rings. The van der Waals surface area contributed by atoms with Crippen LogP contribution in [0.4, 0.5) is 0 Å². The minimum absolute atomic E-state index is 0.0586. The Bertz CT molecular complexity index is 583. The largest absolute Gasteiger partial charge is 0.508 e. The summed E-state index contributed by atoms with van der Waals surface area (Å²) in [6, 6.07) is 5.65. The Labute approximate surface area is 113 Å². The summed E-state index contributed by atoms with van der Waals surface area (Å²) in [6.07, 6.45) is 7.95. The van der Waals surface area contributed by atoms with Gasteiger partial charge in [-0.25, -0.2) is 0 Å². The summed E-state index contributed by atoms with van der Waals surface area (Å²) in [6.45, 7) is 3.89. The van der Waals surface area contributed by atoms with Crippen LogP contribution in [0.3, 0.4) is 0 Å². The number of phenolic OH excluding ortho intramolecular Hbond substituents is 1. The lowest BCUT2D eigenvalue weighted by atomic mass is 9.60. The van der Waals surface area contributed by atoms with Crippen LogP contribution >= 0.6 is 0 Å². The summed E-state index contributed by atoms with van der Waals surface area (Å²) in [4.78, 5) is 11.7. The number of aromatic hydroxyl groups is 1. The number of fused-ring (bicyclic) bond motifs is 3. The summed E-state index contributed by atoms with van der Waals surface area (Å²) < 4.78 is 0. The van der Waals surface area contributed by atoms with Crippen molar-refractivity contribution in [2.45, 2.75) is 37.5 Å². The molecule has 0 fully saturated rings. The number of aryl methyl sites for hydroxylation is 1. The van der Waals surface area contributed by atoms with Gasteiger partial charge >= 0.3 is 0 Å². The van der Waals surface area contributed by atoms with E-state index in [1.165, 1.54) is 16.7 Å². The number of phenols is 1. The van der Waals surface area contributed by atoms with Crippen molar-refractivity contribution in [3.8, 4) is 5.75 Å². The molecule has 3 rings (SSSR count). The van der Waals surface area contributed by atoms with Gasteiger partial charge in [0.15, 0.2) is 5.78 Å². The van der Waals surface area contributed by atoms with Crippen molar-refractivity contribution in [2.75, 3.05) is 0 Å². The second kappa shape index (κ2) is 4.37. The van der Waals surface area contributed by atoms with E-state index in [-0.39, 0.29) is 11.2 Å². The predicted octanol–water partition coefficient (Wildman–Crippen LogP) is 3.44. The number of hydrogen-bond donors (Lipinski definition) is 1. The molecule has 0 saturated carbocycles. The fourth-order valence-corrected chi connectivity index (χ4v) is 3.63. The third-order valence-corrected chi connectivity index (χ3v) is 4.51.